The summed E-state index contributed by atoms with van der Waals surface area (Å²) in [6.07, 6.45) is 7.78. The fourth-order valence-electron chi connectivity index (χ4n) is 2.34. The van der Waals surface area contributed by atoms with E-state index < -0.39 is 0 Å². The number of hydrogen-bond donors (Lipinski definition) is 1. The third-order valence-corrected chi connectivity index (χ3v) is 3.32. The molecule has 1 aliphatic rings. The van der Waals surface area contributed by atoms with Crippen LogP contribution in [0.25, 0.3) is 0 Å². The SMILES string of the molecule is Cc1nc(NC2CCCCCC2)nc(N(C)C)n1. The Bertz CT molecular complexity index is 383. The minimum atomic E-state index is 0.518. The second-order valence-electron chi connectivity index (χ2n) is 5.23. The van der Waals surface area contributed by atoms with Gasteiger partial charge in [-0.05, 0) is 19.8 Å². The normalized spacial score (nSPS) is 17.3. The first-order valence-corrected chi connectivity index (χ1v) is 6.81. The van der Waals surface area contributed by atoms with Crippen LogP contribution in [0.5, 0.6) is 0 Å². The highest BCUT2D eigenvalue weighted by Crippen LogP contribution is 2.20. The zero-order valence-electron chi connectivity index (χ0n) is 11.6. The van der Waals surface area contributed by atoms with Gasteiger partial charge in [-0.3, -0.25) is 0 Å². The maximum Gasteiger partial charge on any atom is 0.229 e. The van der Waals surface area contributed by atoms with Gasteiger partial charge in [-0.1, -0.05) is 25.7 Å². The van der Waals surface area contributed by atoms with Crippen LogP contribution in [0.1, 0.15) is 44.3 Å². The maximum absolute atomic E-state index is 4.45. The number of hydrogen-bond acceptors (Lipinski definition) is 5. The number of aryl methyl sites for hydroxylation is 1. The first-order chi connectivity index (χ1) is 8.65. The molecular formula is C13H23N5. The molecular weight excluding hydrogens is 226 g/mol. The van der Waals surface area contributed by atoms with Crippen molar-refractivity contribution in [2.24, 2.45) is 0 Å². The van der Waals surface area contributed by atoms with Crippen LogP contribution in [0.2, 0.25) is 0 Å². The standard InChI is InChI=1S/C13H23N5/c1-10-14-12(17-13(15-10)18(2)3)16-11-8-6-4-5-7-9-11/h11H,4-9H2,1-3H3,(H,14,15,16,17). The maximum atomic E-state index is 4.45. The lowest BCUT2D eigenvalue weighted by atomic mass is 10.1. The molecule has 2 rings (SSSR count). The van der Waals surface area contributed by atoms with E-state index in [0.717, 1.165) is 17.7 Å². The zero-order chi connectivity index (χ0) is 13.0. The van der Waals surface area contributed by atoms with Gasteiger partial charge in [-0.25, -0.2) is 0 Å². The molecule has 0 aliphatic heterocycles. The van der Waals surface area contributed by atoms with Crippen molar-refractivity contribution in [2.45, 2.75) is 51.5 Å². The van der Waals surface area contributed by atoms with Crippen LogP contribution >= 0.6 is 0 Å². The highest BCUT2D eigenvalue weighted by atomic mass is 15.3. The summed E-state index contributed by atoms with van der Waals surface area (Å²) in [5, 5.41) is 3.47. The molecule has 0 saturated heterocycles. The Labute approximate surface area is 109 Å². The van der Waals surface area contributed by atoms with Crippen LogP contribution in [0.4, 0.5) is 11.9 Å². The van der Waals surface area contributed by atoms with Crippen molar-refractivity contribution in [1.82, 2.24) is 15.0 Å². The van der Waals surface area contributed by atoms with Crippen molar-refractivity contribution in [2.75, 3.05) is 24.3 Å². The van der Waals surface area contributed by atoms with Gasteiger partial charge >= 0.3 is 0 Å². The smallest absolute Gasteiger partial charge is 0.229 e. The highest BCUT2D eigenvalue weighted by Gasteiger charge is 2.14. The third kappa shape index (κ3) is 3.55. The van der Waals surface area contributed by atoms with Crippen molar-refractivity contribution < 1.29 is 0 Å². The molecule has 0 radical (unpaired) electrons. The van der Waals surface area contributed by atoms with Crippen molar-refractivity contribution in [1.29, 1.82) is 0 Å². The number of nitrogens with one attached hydrogen (secondary N) is 1. The van der Waals surface area contributed by atoms with Crippen LogP contribution in [-0.2, 0) is 0 Å². The van der Waals surface area contributed by atoms with Crippen molar-refractivity contribution in [3.05, 3.63) is 5.82 Å². The predicted molar refractivity (Wildman–Crippen MR) is 74.0 cm³/mol. The minimum absolute atomic E-state index is 0.518. The molecule has 1 saturated carbocycles. The summed E-state index contributed by atoms with van der Waals surface area (Å²) in [5.41, 5.74) is 0. The molecule has 0 aromatic carbocycles. The number of anilines is 2. The van der Waals surface area contributed by atoms with Crippen LogP contribution < -0.4 is 10.2 Å². The lowest BCUT2D eigenvalue weighted by Gasteiger charge is -2.18. The summed E-state index contributed by atoms with van der Waals surface area (Å²) in [5.74, 6) is 2.21. The summed E-state index contributed by atoms with van der Waals surface area (Å²) < 4.78 is 0. The number of aromatic nitrogens is 3. The van der Waals surface area contributed by atoms with Gasteiger partial charge in [0.15, 0.2) is 0 Å². The van der Waals surface area contributed by atoms with Crippen LogP contribution in [0, 0.1) is 6.92 Å². The van der Waals surface area contributed by atoms with Crippen molar-refractivity contribution >= 4 is 11.9 Å². The van der Waals surface area contributed by atoms with Gasteiger partial charge in [-0.15, -0.1) is 0 Å². The monoisotopic (exact) mass is 249 g/mol. The number of rotatable bonds is 3. The first-order valence-electron chi connectivity index (χ1n) is 6.81. The summed E-state index contributed by atoms with van der Waals surface area (Å²) >= 11 is 0. The van der Waals surface area contributed by atoms with E-state index in [1.54, 1.807) is 0 Å². The predicted octanol–water partition coefficient (Wildman–Crippen LogP) is 2.38. The Hall–Kier alpha value is -1.39. The molecule has 0 atom stereocenters. The Morgan fingerprint density at radius 3 is 2.28 bits per heavy atom. The minimum Gasteiger partial charge on any atom is -0.351 e. The summed E-state index contributed by atoms with van der Waals surface area (Å²) in [7, 11) is 3.90. The second-order valence-corrected chi connectivity index (χ2v) is 5.23. The van der Waals surface area contributed by atoms with E-state index in [-0.39, 0.29) is 0 Å². The lowest BCUT2D eigenvalue weighted by Crippen LogP contribution is -2.22. The summed E-state index contributed by atoms with van der Waals surface area (Å²) in [6, 6.07) is 0.518. The average Bonchev–Trinajstić information content (AvgIpc) is 2.57. The van der Waals surface area contributed by atoms with Crippen LogP contribution in [0.15, 0.2) is 0 Å². The largest absolute Gasteiger partial charge is 0.351 e. The van der Waals surface area contributed by atoms with E-state index >= 15 is 0 Å². The molecule has 18 heavy (non-hydrogen) atoms. The Morgan fingerprint density at radius 1 is 1.00 bits per heavy atom. The van der Waals surface area contributed by atoms with Gasteiger partial charge in [0, 0.05) is 20.1 Å². The fraction of sp³-hybridized carbons (Fsp3) is 0.769. The van der Waals surface area contributed by atoms with Crippen LogP contribution in [-0.4, -0.2) is 35.1 Å². The molecule has 5 nitrogen and oxygen atoms in total. The van der Waals surface area contributed by atoms with Gasteiger partial charge in [0.2, 0.25) is 11.9 Å². The molecule has 0 unspecified atom stereocenters. The molecule has 1 aliphatic carbocycles. The fourth-order valence-corrected chi connectivity index (χ4v) is 2.34. The molecule has 100 valence electrons. The van der Waals surface area contributed by atoms with E-state index in [9.17, 15) is 0 Å². The topological polar surface area (TPSA) is 53.9 Å². The summed E-state index contributed by atoms with van der Waals surface area (Å²) in [4.78, 5) is 15.0. The molecule has 1 fully saturated rings. The second kappa shape index (κ2) is 5.98. The molecule has 0 amide bonds. The average molecular weight is 249 g/mol. The van der Waals surface area contributed by atoms with Gasteiger partial charge in [-0.2, -0.15) is 15.0 Å². The highest BCUT2D eigenvalue weighted by molar-refractivity contribution is 5.36. The van der Waals surface area contributed by atoms with Gasteiger partial charge in [0.05, 0.1) is 0 Å². The molecule has 0 bridgehead atoms. The van der Waals surface area contributed by atoms with E-state index in [4.69, 9.17) is 0 Å². The quantitative estimate of drug-likeness (QED) is 0.834. The van der Waals surface area contributed by atoms with Gasteiger partial charge in [0.1, 0.15) is 5.82 Å². The van der Waals surface area contributed by atoms with Gasteiger partial charge < -0.3 is 10.2 Å². The molecule has 0 spiro atoms. The molecule has 5 heteroatoms. The summed E-state index contributed by atoms with van der Waals surface area (Å²) in [6.45, 7) is 1.91. The van der Waals surface area contributed by atoms with E-state index in [1.165, 1.54) is 38.5 Å². The van der Waals surface area contributed by atoms with E-state index in [1.807, 2.05) is 25.9 Å². The zero-order valence-corrected chi connectivity index (χ0v) is 11.6. The first kappa shape index (κ1) is 13.1. The Kier molecular flexibility index (Phi) is 4.33. The van der Waals surface area contributed by atoms with Gasteiger partial charge in [0.25, 0.3) is 0 Å². The van der Waals surface area contributed by atoms with Crippen molar-refractivity contribution in [3.8, 4) is 0 Å². The molecule has 1 N–H and O–H groups in total. The van der Waals surface area contributed by atoms with Crippen molar-refractivity contribution in [3.63, 3.8) is 0 Å². The number of nitrogens with zero attached hydrogens (tertiary/aromatic N) is 4. The van der Waals surface area contributed by atoms with E-state index in [2.05, 4.69) is 20.3 Å². The molecule has 1 aromatic heterocycles. The lowest BCUT2D eigenvalue weighted by molar-refractivity contribution is 0.613. The third-order valence-electron chi connectivity index (χ3n) is 3.32. The Morgan fingerprint density at radius 2 is 1.67 bits per heavy atom. The Balaban J connectivity index is 2.07. The van der Waals surface area contributed by atoms with Crippen LogP contribution in [0.3, 0.4) is 0 Å². The molecule has 1 aromatic rings. The van der Waals surface area contributed by atoms with E-state index in [0.29, 0.717) is 6.04 Å². The molecule has 1 heterocycles.